The normalized spacial score (nSPS) is 15.7. The van der Waals surface area contributed by atoms with E-state index in [1.165, 1.54) is 57.8 Å². The molecule has 0 bridgehead atoms. The summed E-state index contributed by atoms with van der Waals surface area (Å²) >= 11 is 30.3. The monoisotopic (exact) mass is 1850 g/mol. The van der Waals surface area contributed by atoms with Crippen molar-refractivity contribution in [2.45, 2.75) is 125 Å². The van der Waals surface area contributed by atoms with E-state index >= 15 is 0 Å². The Labute approximate surface area is 728 Å². The number of primary amides is 1. The summed E-state index contributed by atoms with van der Waals surface area (Å²) in [6, 6.07) is 38.9. The lowest BCUT2D eigenvalue weighted by Gasteiger charge is -2.28. The Balaban J connectivity index is 0.000000174. The van der Waals surface area contributed by atoms with Gasteiger partial charge in [-0.25, -0.2) is 39.5 Å². The van der Waals surface area contributed by atoms with Crippen LogP contribution in [0.3, 0.4) is 0 Å². The molecule has 11 aromatic rings. The number of H-pyrrole nitrogens is 1. The van der Waals surface area contributed by atoms with E-state index in [0.717, 1.165) is 11.1 Å². The molecule has 3 aliphatic heterocycles. The van der Waals surface area contributed by atoms with Crippen molar-refractivity contribution >= 4 is 166 Å². The van der Waals surface area contributed by atoms with Crippen LogP contribution in [-0.2, 0) is 26.5 Å². The number of aromatic amines is 1. The Hall–Kier alpha value is -12.7. The van der Waals surface area contributed by atoms with Crippen molar-refractivity contribution in [3.05, 3.63) is 296 Å². The smallest absolute Gasteiger partial charge is 0.413 e. The predicted molar refractivity (Wildman–Crippen MR) is 470 cm³/mol. The zero-order valence-corrected chi connectivity index (χ0v) is 73.5. The summed E-state index contributed by atoms with van der Waals surface area (Å²) in [5, 5.41) is 21.8. The molecule has 10 heterocycles. The average molecular weight is 1860 g/mol. The summed E-state index contributed by atoms with van der Waals surface area (Å²) in [5.74, 6) is 0.184. The number of nitrogens with two attached hydrogens (primary N) is 3. The summed E-state index contributed by atoms with van der Waals surface area (Å²) in [6.45, 7) is 24.4. The number of hydrogen-bond acceptors (Lipinski definition) is 23. The zero-order valence-electron chi connectivity index (χ0n) is 67.3. The number of anilines is 8. The minimum atomic E-state index is -1.15. The third-order valence-electron chi connectivity index (χ3n) is 17.8. The Bertz CT molecular complexity index is 6190. The van der Waals surface area contributed by atoms with Crippen molar-refractivity contribution in [2.24, 2.45) is 5.73 Å². The first-order valence-corrected chi connectivity index (χ1v) is 39.4. The molecule has 4 aromatic carbocycles. The molecule has 0 fully saturated rings. The highest BCUT2D eigenvalue weighted by molar-refractivity contribution is 9.10. The molecule has 3 atom stereocenters. The van der Waals surface area contributed by atoms with Gasteiger partial charge in [-0.15, -0.1) is 0 Å². The van der Waals surface area contributed by atoms with Crippen LogP contribution in [0.4, 0.5) is 55.9 Å². The fourth-order valence-corrected chi connectivity index (χ4v) is 14.2. The van der Waals surface area contributed by atoms with Gasteiger partial charge in [0.05, 0.1) is 8.95 Å². The number of nitrogens with zero attached hydrogens (tertiary/aromatic N) is 9. The number of fused-ring (bicyclic) bond motifs is 3. The van der Waals surface area contributed by atoms with Crippen LogP contribution >= 0.6 is 78.3 Å². The highest BCUT2D eigenvalue weighted by Crippen LogP contribution is 2.37. The second-order valence-corrected chi connectivity index (χ2v) is 33.1. The van der Waals surface area contributed by atoms with E-state index in [9.17, 15) is 52.7 Å². The van der Waals surface area contributed by atoms with Crippen LogP contribution in [0.5, 0.6) is 0 Å². The number of carbonyl (C=O) groups excluding carboxylic acids is 7. The average Bonchev–Trinajstić information content (AvgIpc) is 1.59. The number of Topliss-reactive ketones (excluding diaryl/α,β-unsaturated/α-hetero) is 1. The summed E-state index contributed by atoms with van der Waals surface area (Å²) in [6.07, 6.45) is 2.57. The molecule has 7 aromatic heterocycles. The van der Waals surface area contributed by atoms with Gasteiger partial charge in [-0.3, -0.25) is 67.5 Å². The Morgan fingerprint density at radius 2 is 0.785 bits per heavy atom. The number of nitrogen functional groups attached to an aromatic ring is 2. The maximum Gasteiger partial charge on any atom is 0.413 e. The molecule has 6 amide bonds. The van der Waals surface area contributed by atoms with Crippen LogP contribution in [0.2, 0.25) is 20.1 Å². The van der Waals surface area contributed by atoms with Crippen molar-refractivity contribution in [2.75, 3.05) is 32.7 Å². The number of hydrogen-bond donors (Lipinski definition) is 11. The van der Waals surface area contributed by atoms with Gasteiger partial charge in [0, 0.05) is 43.9 Å². The quantitative estimate of drug-likeness (QED) is 0.0536. The fourth-order valence-electron chi connectivity index (χ4n) is 12.5. The Kier molecular flexibility index (Phi) is 28.8. The molecule has 121 heavy (non-hydrogen) atoms. The first-order chi connectivity index (χ1) is 56.6. The minimum absolute atomic E-state index is 0.0440. The molecule has 3 unspecified atom stereocenters. The number of ketones is 1. The van der Waals surface area contributed by atoms with Crippen LogP contribution in [0.1, 0.15) is 160 Å². The molecule has 33 nitrogen and oxygen atoms in total. The van der Waals surface area contributed by atoms with Crippen LogP contribution in [-0.4, -0.2) is 101 Å². The molecule has 0 aliphatic carbocycles. The molecule has 0 saturated carbocycles. The molecule has 0 spiro atoms. The van der Waals surface area contributed by atoms with Gasteiger partial charge in [0.1, 0.15) is 116 Å². The topological polar surface area (TPSA) is 476 Å². The number of aromatic nitrogens is 10. The number of aryl methyl sites for hydroxylation is 4. The largest absolute Gasteiger partial charge is 0.444 e. The van der Waals surface area contributed by atoms with Crippen LogP contribution in [0, 0.1) is 27.7 Å². The number of ether oxygens (including phenoxy) is 2. The Morgan fingerprint density at radius 3 is 1.15 bits per heavy atom. The predicted octanol–water partition coefficient (Wildman–Crippen LogP) is 14.1. The highest BCUT2D eigenvalue weighted by Gasteiger charge is 2.46. The molecular weight excluding hydrogens is 1770 g/mol. The van der Waals surface area contributed by atoms with Gasteiger partial charge in [0.2, 0.25) is 0 Å². The van der Waals surface area contributed by atoms with E-state index in [0.29, 0.717) is 85.4 Å². The molecule has 14 rings (SSSR count). The summed E-state index contributed by atoms with van der Waals surface area (Å²) < 4.78 is 15.4. The molecule has 39 heteroatoms. The van der Waals surface area contributed by atoms with Gasteiger partial charge < -0.3 is 58.2 Å². The van der Waals surface area contributed by atoms with Crippen molar-refractivity contribution in [3.8, 4) is 0 Å². The number of rotatable bonds is 11. The third-order valence-corrected chi connectivity index (χ3v) is 19.9. The lowest BCUT2D eigenvalue weighted by molar-refractivity contribution is 0.0624. The van der Waals surface area contributed by atoms with E-state index in [1.807, 2.05) is 12.1 Å². The van der Waals surface area contributed by atoms with E-state index in [-0.39, 0.29) is 86.2 Å². The number of amides is 6. The molecular formula is C82H82Br2Cl4N20O13. The standard InChI is InChI=1S/C24H25ClN6O4.C19H17ClN6O2.C15H12BrClN2O2.C9H14N4O2.C8H7ClO.C7H7BrN2O2/c1-13-9-16(28-17-11-18(27-12-26-17)29-22(34)35-23(2,3)4)21(33)31-19(13)20(32)30-24(31,5)14-7-6-8-15(25)10-14;1-10-6-13(24-15-8-14(21)22-9-23-15)18(28)26-16(10)17(27)25-19(26,2)11-4-3-5-12(20)7-11;1-8-6-11(16)14(21)19-12(8)13(20)18-15(19,2)9-4-3-5-10(17)7-9;1-9(2,3)15-8(14)13-7-4-6(10)11-5-12-7;1-6(10)7-3-2-4-8(9)5-7;1-3-2-4(8)7(12)10-5(3)6(9)11/h6-12H,1-5H3,(H,30,32)(H2,26,27,28,29,34);3-9H,1-2H3,(H,25,27)(H3,21,22,23,24);3-7H,1-2H3,(H,18,20);4-5H,1-3H3,(H3,10,11,12,13,14);2-5H,1H3;2H,1H3,(H2,9,11)(H,10,12). The third kappa shape index (κ3) is 22.4. The minimum Gasteiger partial charge on any atom is -0.444 e. The van der Waals surface area contributed by atoms with E-state index < -0.39 is 51.8 Å². The van der Waals surface area contributed by atoms with E-state index in [4.69, 9.17) is 73.1 Å². The van der Waals surface area contributed by atoms with Gasteiger partial charge in [0.25, 0.3) is 45.9 Å². The fraction of sp³-hybridized carbons (Fsp3) is 0.232. The van der Waals surface area contributed by atoms with Crippen molar-refractivity contribution in [1.82, 2.24) is 64.5 Å². The second-order valence-electron chi connectivity index (χ2n) is 29.6. The molecule has 3 aliphatic rings. The molecule has 0 saturated heterocycles. The molecule has 14 N–H and O–H groups in total. The van der Waals surface area contributed by atoms with Crippen LogP contribution in [0.25, 0.3) is 0 Å². The number of carbonyl (C=O) groups is 7. The van der Waals surface area contributed by atoms with Crippen LogP contribution in [0.15, 0.2) is 187 Å². The number of halogens is 6. The number of benzene rings is 4. The zero-order chi connectivity index (χ0) is 89.3. The maximum atomic E-state index is 13.6. The lowest BCUT2D eigenvalue weighted by atomic mass is 10.0. The molecule has 0 radical (unpaired) electrons. The molecule has 630 valence electrons. The first-order valence-electron chi connectivity index (χ1n) is 36.3. The number of pyridine rings is 4. The SMILES string of the molecule is CC(=O)c1cccc(Cl)c1.CC(C)(C)OC(=O)Nc1cc(N)ncn1.Cc1cc(Br)c(=O)[nH]c1C(N)=O.Cc1cc(Br)c(=O)n2c1C(=O)NC2(C)c1cccc(Cl)c1.Cc1cc(Nc2cc(N)ncn2)c(=O)n2c1C(=O)NC2(C)c1cccc(Cl)c1.Cc1cc(Nc2cc(NC(=O)OC(C)(C)C)ncn2)c(=O)n2c1C(=O)NC2(C)c1cccc(Cl)c1. The highest BCUT2D eigenvalue weighted by atomic mass is 79.9. The van der Waals surface area contributed by atoms with Crippen molar-refractivity contribution in [3.63, 3.8) is 0 Å². The van der Waals surface area contributed by atoms with Crippen molar-refractivity contribution in [1.29, 1.82) is 0 Å². The van der Waals surface area contributed by atoms with Gasteiger partial charge >= 0.3 is 12.2 Å². The first kappa shape index (κ1) is 92.2. The van der Waals surface area contributed by atoms with E-state index in [1.54, 1.807) is 199 Å². The van der Waals surface area contributed by atoms with Crippen LogP contribution < -0.4 is 76.7 Å². The van der Waals surface area contributed by atoms with Gasteiger partial charge in [0.15, 0.2) is 5.78 Å². The maximum absolute atomic E-state index is 13.6. The Morgan fingerprint density at radius 1 is 0.446 bits per heavy atom. The lowest BCUT2D eigenvalue weighted by Crippen LogP contribution is -2.46. The number of nitrogens with one attached hydrogen (secondary N) is 8. The van der Waals surface area contributed by atoms with Gasteiger partial charge in [-0.05, 0) is 241 Å². The second kappa shape index (κ2) is 37.7. The summed E-state index contributed by atoms with van der Waals surface area (Å²) in [7, 11) is 0. The summed E-state index contributed by atoms with van der Waals surface area (Å²) in [5.41, 5.74) is 17.2. The van der Waals surface area contributed by atoms with Gasteiger partial charge in [-0.1, -0.05) is 94.9 Å². The summed E-state index contributed by atoms with van der Waals surface area (Å²) in [4.78, 5) is 159. The van der Waals surface area contributed by atoms with E-state index in [2.05, 4.69) is 104 Å². The van der Waals surface area contributed by atoms with Gasteiger partial charge in [-0.2, -0.15) is 0 Å². The van der Waals surface area contributed by atoms with Crippen molar-refractivity contribution < 1.29 is 43.0 Å².